The van der Waals surface area contributed by atoms with Crippen molar-refractivity contribution in [1.29, 1.82) is 0 Å². The van der Waals surface area contributed by atoms with Crippen LogP contribution in [0.2, 0.25) is 5.02 Å². The first kappa shape index (κ1) is 20.7. The molecule has 29 heavy (non-hydrogen) atoms. The van der Waals surface area contributed by atoms with Crippen molar-refractivity contribution in [3.8, 4) is 0 Å². The lowest BCUT2D eigenvalue weighted by Gasteiger charge is -2.24. The normalized spacial score (nSPS) is 12.0. The van der Waals surface area contributed by atoms with Gasteiger partial charge in [-0.05, 0) is 36.4 Å². The van der Waals surface area contributed by atoms with E-state index in [2.05, 4.69) is 5.10 Å². The van der Waals surface area contributed by atoms with Gasteiger partial charge in [-0.25, -0.2) is 4.79 Å². The third kappa shape index (κ3) is 4.05. The lowest BCUT2D eigenvalue weighted by Crippen LogP contribution is -2.37. The van der Waals surface area contributed by atoms with Crippen LogP contribution in [0.4, 0.5) is 18.9 Å². The van der Waals surface area contributed by atoms with Crippen LogP contribution in [0.15, 0.2) is 65.7 Å². The van der Waals surface area contributed by atoms with E-state index in [-0.39, 0.29) is 10.7 Å². The maximum Gasteiger partial charge on any atom is 0.435 e. The average Bonchev–Trinajstić information content (AvgIpc) is 3.12. The molecule has 0 atom stereocenters. The van der Waals surface area contributed by atoms with E-state index in [9.17, 15) is 31.5 Å². The smallest absolute Gasteiger partial charge is 0.435 e. The number of hydrogen-bond acceptors (Lipinski definition) is 4. The molecule has 2 aromatic carbocycles. The number of nitrogens with zero attached hydrogens (tertiary/aromatic N) is 3. The maximum atomic E-state index is 13.2. The highest BCUT2D eigenvalue weighted by molar-refractivity contribution is 7.92. The third-order valence-electron chi connectivity index (χ3n) is 3.72. The van der Waals surface area contributed by atoms with Gasteiger partial charge < -0.3 is 5.11 Å². The van der Waals surface area contributed by atoms with Gasteiger partial charge in [-0.3, -0.25) is 0 Å². The average molecular weight is 446 g/mol. The number of alkyl halides is 3. The number of carboxylic acids is 1. The summed E-state index contributed by atoms with van der Waals surface area (Å²) in [5.41, 5.74) is -1.79. The molecule has 0 fully saturated rings. The molecule has 1 N–H and O–H groups in total. The Balaban J connectivity index is 2.20. The van der Waals surface area contributed by atoms with Gasteiger partial charge in [0.1, 0.15) is 0 Å². The van der Waals surface area contributed by atoms with Crippen LogP contribution in [-0.2, 0) is 16.2 Å². The first-order chi connectivity index (χ1) is 13.5. The van der Waals surface area contributed by atoms with Crippen molar-refractivity contribution in [3.05, 3.63) is 77.1 Å². The first-order valence-corrected chi connectivity index (χ1v) is 9.60. The number of anilines is 1. The Kier molecular flexibility index (Phi) is 5.28. The zero-order valence-corrected chi connectivity index (χ0v) is 15.8. The van der Waals surface area contributed by atoms with Crippen LogP contribution in [-0.4, -0.2) is 29.4 Å². The van der Waals surface area contributed by atoms with Gasteiger partial charge in [0.05, 0.1) is 27.4 Å². The summed E-state index contributed by atoms with van der Waals surface area (Å²) in [5, 5.41) is 12.3. The van der Waals surface area contributed by atoms with Crippen molar-refractivity contribution in [2.24, 2.45) is 0 Å². The van der Waals surface area contributed by atoms with Crippen molar-refractivity contribution in [1.82, 2.24) is 9.89 Å². The zero-order chi connectivity index (χ0) is 21.4. The van der Waals surface area contributed by atoms with E-state index < -0.39 is 38.3 Å². The highest BCUT2D eigenvalue weighted by Crippen LogP contribution is 2.30. The molecule has 7 nitrogen and oxygen atoms in total. The number of benzene rings is 2. The van der Waals surface area contributed by atoms with Gasteiger partial charge in [0.2, 0.25) is 0 Å². The van der Waals surface area contributed by atoms with E-state index in [1.165, 1.54) is 24.3 Å². The van der Waals surface area contributed by atoms with Crippen LogP contribution in [0.5, 0.6) is 0 Å². The Hall–Kier alpha value is -3.05. The van der Waals surface area contributed by atoms with E-state index in [0.717, 1.165) is 24.4 Å². The summed E-state index contributed by atoms with van der Waals surface area (Å²) in [4.78, 5) is 11.3. The second kappa shape index (κ2) is 7.41. The number of aromatic carboxylic acids is 1. The van der Waals surface area contributed by atoms with Crippen LogP contribution >= 0.6 is 11.6 Å². The monoisotopic (exact) mass is 445 g/mol. The number of rotatable bonds is 5. The Morgan fingerprint density at radius 1 is 1.10 bits per heavy atom. The zero-order valence-electron chi connectivity index (χ0n) is 14.2. The SMILES string of the molecule is O=C(O)c1cc(S(=O)(=O)N(c2ccccc2)n2ccc(C(F)(F)F)n2)ccc1Cl. The van der Waals surface area contributed by atoms with Crippen LogP contribution in [0.1, 0.15) is 16.1 Å². The predicted molar refractivity (Wildman–Crippen MR) is 97.1 cm³/mol. The Bertz CT molecular complexity index is 1160. The quantitative estimate of drug-likeness (QED) is 0.642. The number of halogens is 4. The molecule has 0 saturated heterocycles. The van der Waals surface area contributed by atoms with E-state index >= 15 is 0 Å². The number of carboxylic acid groups (broad SMARTS) is 1. The van der Waals surface area contributed by atoms with Crippen molar-refractivity contribution < 1.29 is 31.5 Å². The van der Waals surface area contributed by atoms with Gasteiger partial charge in [-0.1, -0.05) is 29.8 Å². The lowest BCUT2D eigenvalue weighted by molar-refractivity contribution is -0.141. The molecule has 0 bridgehead atoms. The van der Waals surface area contributed by atoms with Gasteiger partial charge in [-0.15, -0.1) is 5.10 Å². The molecule has 0 amide bonds. The fourth-order valence-corrected chi connectivity index (χ4v) is 4.03. The Labute approximate surface area is 167 Å². The molecule has 0 radical (unpaired) electrons. The van der Waals surface area contributed by atoms with E-state index in [4.69, 9.17) is 11.6 Å². The van der Waals surface area contributed by atoms with Crippen LogP contribution in [0.3, 0.4) is 0 Å². The number of sulfonamides is 1. The summed E-state index contributed by atoms with van der Waals surface area (Å²) in [5.74, 6) is -1.46. The molecule has 152 valence electrons. The summed E-state index contributed by atoms with van der Waals surface area (Å²) >= 11 is 5.78. The molecule has 3 aromatic rings. The van der Waals surface area contributed by atoms with Crippen molar-refractivity contribution in [2.75, 3.05) is 4.41 Å². The molecule has 0 aliphatic heterocycles. The summed E-state index contributed by atoms with van der Waals surface area (Å²) in [6.07, 6.45) is -3.95. The van der Waals surface area contributed by atoms with Gasteiger partial charge in [0, 0.05) is 0 Å². The minimum Gasteiger partial charge on any atom is -0.478 e. The molecule has 0 spiro atoms. The largest absolute Gasteiger partial charge is 0.478 e. The summed E-state index contributed by atoms with van der Waals surface area (Å²) in [6, 6.07) is 10.8. The predicted octanol–water partition coefficient (Wildman–Crippen LogP) is 3.91. The fourth-order valence-electron chi connectivity index (χ4n) is 2.42. The summed E-state index contributed by atoms with van der Waals surface area (Å²) < 4.78 is 65.8. The molecule has 0 aliphatic rings. The van der Waals surface area contributed by atoms with Gasteiger partial charge in [-0.2, -0.15) is 30.8 Å². The standard InChI is InChI=1S/C17H11ClF3N3O4S/c18-14-7-6-12(10-13(14)16(25)26)29(27,28)24(11-4-2-1-3-5-11)23-9-8-15(22-23)17(19,20)21/h1-10H,(H,25,26). The number of carbonyl (C=O) groups is 1. The van der Waals surface area contributed by atoms with Crippen LogP contribution in [0, 0.1) is 0 Å². The maximum absolute atomic E-state index is 13.2. The summed E-state index contributed by atoms with van der Waals surface area (Å²) in [6.45, 7) is 0. The molecule has 0 unspecified atom stereocenters. The van der Waals surface area contributed by atoms with Gasteiger partial charge in [0.15, 0.2) is 5.69 Å². The van der Waals surface area contributed by atoms with Crippen LogP contribution < -0.4 is 4.41 Å². The molecule has 12 heteroatoms. The lowest BCUT2D eigenvalue weighted by atomic mass is 10.2. The Morgan fingerprint density at radius 3 is 2.31 bits per heavy atom. The van der Waals surface area contributed by atoms with Crippen molar-refractivity contribution in [2.45, 2.75) is 11.1 Å². The highest BCUT2D eigenvalue weighted by atomic mass is 35.5. The number of para-hydroxylation sites is 1. The van der Waals surface area contributed by atoms with E-state index in [1.54, 1.807) is 6.07 Å². The number of hydrogen-bond donors (Lipinski definition) is 1. The molecular formula is C17H11ClF3N3O4S. The molecular weight excluding hydrogens is 435 g/mol. The fraction of sp³-hybridized carbons (Fsp3) is 0.0588. The number of aromatic nitrogens is 2. The third-order valence-corrected chi connectivity index (χ3v) is 5.74. The van der Waals surface area contributed by atoms with Crippen molar-refractivity contribution in [3.63, 3.8) is 0 Å². The molecule has 3 rings (SSSR count). The van der Waals surface area contributed by atoms with Gasteiger partial charge in [0.25, 0.3) is 10.0 Å². The topological polar surface area (TPSA) is 92.5 Å². The molecule has 1 heterocycles. The molecule has 0 aliphatic carbocycles. The van der Waals surface area contributed by atoms with E-state index in [0.29, 0.717) is 15.3 Å². The molecule has 0 saturated carbocycles. The second-order valence-corrected chi connectivity index (χ2v) is 7.82. The van der Waals surface area contributed by atoms with E-state index in [1.807, 2.05) is 0 Å². The van der Waals surface area contributed by atoms with Crippen LogP contribution in [0.25, 0.3) is 0 Å². The van der Waals surface area contributed by atoms with Crippen molar-refractivity contribution >= 4 is 33.3 Å². The van der Waals surface area contributed by atoms with Gasteiger partial charge >= 0.3 is 12.1 Å². The summed E-state index contributed by atoms with van der Waals surface area (Å²) in [7, 11) is -4.57. The highest BCUT2D eigenvalue weighted by Gasteiger charge is 2.36. The molecule has 1 aromatic heterocycles. The minimum absolute atomic E-state index is 0.0175. The first-order valence-electron chi connectivity index (χ1n) is 7.78. The second-order valence-electron chi connectivity index (χ2n) is 5.65. The minimum atomic E-state index is -4.78. The Morgan fingerprint density at radius 2 is 1.76 bits per heavy atom.